The van der Waals surface area contributed by atoms with E-state index in [-0.39, 0.29) is 12.1 Å². The minimum absolute atomic E-state index is 0.0732. The van der Waals surface area contributed by atoms with Crippen molar-refractivity contribution in [2.45, 2.75) is 19.6 Å². The van der Waals surface area contributed by atoms with Crippen LogP contribution < -0.4 is 5.32 Å². The molecule has 0 saturated heterocycles. The molecule has 0 radical (unpaired) electrons. The molecule has 25 heavy (non-hydrogen) atoms. The molecule has 1 aliphatic heterocycles. The lowest BCUT2D eigenvalue weighted by Crippen LogP contribution is -2.31. The maximum atomic E-state index is 12.9. The molecule has 0 fully saturated rings. The molecular formula is C22H20N2O. The predicted octanol–water partition coefficient (Wildman–Crippen LogP) is 4.76. The number of hydrogen-bond donors (Lipinski definition) is 1. The molecule has 1 N–H and O–H groups in total. The van der Waals surface area contributed by atoms with Crippen LogP contribution in [-0.2, 0) is 6.54 Å². The number of carbonyl (C=O) groups excluding carboxylic acids is 1. The number of fused-ring (bicyclic) bond motifs is 1. The monoisotopic (exact) mass is 328 g/mol. The van der Waals surface area contributed by atoms with Gasteiger partial charge in [0.15, 0.2) is 0 Å². The molecule has 0 saturated carbocycles. The van der Waals surface area contributed by atoms with Gasteiger partial charge in [-0.05, 0) is 30.7 Å². The largest absolute Gasteiger partial charge is 0.361 e. The molecule has 0 spiro atoms. The third kappa shape index (κ3) is 3.01. The van der Waals surface area contributed by atoms with E-state index in [0.717, 1.165) is 22.4 Å². The smallest absolute Gasteiger partial charge is 0.256 e. The molecule has 4 rings (SSSR count). The molecule has 1 heterocycles. The van der Waals surface area contributed by atoms with E-state index in [1.807, 2.05) is 47.4 Å². The molecule has 1 amide bonds. The van der Waals surface area contributed by atoms with Gasteiger partial charge in [-0.15, -0.1) is 0 Å². The van der Waals surface area contributed by atoms with E-state index < -0.39 is 0 Å². The van der Waals surface area contributed by atoms with Crippen LogP contribution in [0.3, 0.4) is 0 Å². The first kappa shape index (κ1) is 15.5. The van der Waals surface area contributed by atoms with E-state index >= 15 is 0 Å². The lowest BCUT2D eigenvalue weighted by molar-refractivity contribution is 0.0729. The highest BCUT2D eigenvalue weighted by atomic mass is 16.2. The lowest BCUT2D eigenvalue weighted by atomic mass is 10.1. The van der Waals surface area contributed by atoms with Crippen LogP contribution in [0.2, 0.25) is 0 Å². The number of nitrogens with zero attached hydrogens (tertiary/aromatic N) is 1. The summed E-state index contributed by atoms with van der Waals surface area (Å²) in [6.07, 6.45) is -0.161. The van der Waals surface area contributed by atoms with Crippen LogP contribution in [0, 0.1) is 6.92 Å². The van der Waals surface area contributed by atoms with Crippen molar-refractivity contribution in [3.05, 3.63) is 101 Å². The zero-order valence-electron chi connectivity index (χ0n) is 14.1. The normalized spacial score (nSPS) is 16.0. The number of hydrogen-bond acceptors (Lipinski definition) is 2. The van der Waals surface area contributed by atoms with Gasteiger partial charge in [-0.25, -0.2) is 0 Å². The zero-order chi connectivity index (χ0) is 17.2. The van der Waals surface area contributed by atoms with Gasteiger partial charge in [-0.3, -0.25) is 4.79 Å². The Balaban J connectivity index is 1.68. The summed E-state index contributed by atoms with van der Waals surface area (Å²) in [5.74, 6) is 0.0732. The number of carbonyl (C=O) groups is 1. The summed E-state index contributed by atoms with van der Waals surface area (Å²) in [5.41, 5.74) is 5.17. The van der Waals surface area contributed by atoms with Gasteiger partial charge in [0.2, 0.25) is 0 Å². The minimum Gasteiger partial charge on any atom is -0.361 e. The first-order valence-electron chi connectivity index (χ1n) is 8.49. The molecule has 124 valence electrons. The maximum Gasteiger partial charge on any atom is 0.256 e. The van der Waals surface area contributed by atoms with E-state index in [0.29, 0.717) is 6.54 Å². The van der Waals surface area contributed by atoms with E-state index in [2.05, 4.69) is 48.6 Å². The highest BCUT2D eigenvalue weighted by Gasteiger charge is 2.36. The van der Waals surface area contributed by atoms with Crippen molar-refractivity contribution in [1.29, 1.82) is 0 Å². The number of benzene rings is 3. The fraction of sp³-hybridized carbons (Fsp3) is 0.136. The molecule has 0 aliphatic carbocycles. The van der Waals surface area contributed by atoms with Gasteiger partial charge in [0, 0.05) is 23.4 Å². The van der Waals surface area contributed by atoms with Crippen LogP contribution in [0.5, 0.6) is 0 Å². The van der Waals surface area contributed by atoms with Gasteiger partial charge in [0.1, 0.15) is 6.17 Å². The first-order chi connectivity index (χ1) is 12.2. The number of rotatable bonds is 4. The van der Waals surface area contributed by atoms with Gasteiger partial charge in [0.05, 0.1) is 0 Å². The first-order valence-corrected chi connectivity index (χ1v) is 8.49. The van der Waals surface area contributed by atoms with Crippen molar-refractivity contribution in [2.75, 3.05) is 5.32 Å². The Morgan fingerprint density at radius 3 is 2.32 bits per heavy atom. The summed E-state index contributed by atoms with van der Waals surface area (Å²) in [5, 5.41) is 3.53. The fourth-order valence-electron chi connectivity index (χ4n) is 3.28. The summed E-state index contributed by atoms with van der Waals surface area (Å²) >= 11 is 0. The number of amides is 1. The maximum absolute atomic E-state index is 12.9. The van der Waals surface area contributed by atoms with Gasteiger partial charge in [-0.2, -0.15) is 0 Å². The Bertz CT molecular complexity index is 887. The van der Waals surface area contributed by atoms with E-state index in [1.54, 1.807) is 0 Å². The molecule has 3 heteroatoms. The second-order valence-electron chi connectivity index (χ2n) is 6.42. The number of anilines is 1. The summed E-state index contributed by atoms with van der Waals surface area (Å²) in [7, 11) is 0. The topological polar surface area (TPSA) is 32.3 Å². The molecule has 3 aromatic rings. The average molecular weight is 328 g/mol. The molecule has 1 aliphatic rings. The van der Waals surface area contributed by atoms with E-state index in [9.17, 15) is 4.79 Å². The molecular weight excluding hydrogens is 308 g/mol. The van der Waals surface area contributed by atoms with Crippen LogP contribution >= 0.6 is 0 Å². The Morgan fingerprint density at radius 2 is 1.56 bits per heavy atom. The molecule has 3 nitrogen and oxygen atoms in total. The molecule has 0 aromatic heterocycles. The van der Waals surface area contributed by atoms with E-state index in [4.69, 9.17) is 0 Å². The van der Waals surface area contributed by atoms with Gasteiger partial charge < -0.3 is 10.2 Å². The van der Waals surface area contributed by atoms with Crippen molar-refractivity contribution in [3.8, 4) is 0 Å². The second-order valence-corrected chi connectivity index (χ2v) is 6.42. The Morgan fingerprint density at radius 1 is 0.880 bits per heavy atom. The highest BCUT2D eigenvalue weighted by molar-refractivity contribution is 5.99. The summed E-state index contributed by atoms with van der Waals surface area (Å²) in [6, 6.07) is 26.2. The highest BCUT2D eigenvalue weighted by Crippen LogP contribution is 2.35. The lowest BCUT2D eigenvalue weighted by Gasteiger charge is -2.27. The van der Waals surface area contributed by atoms with Crippen molar-refractivity contribution in [2.24, 2.45) is 0 Å². The van der Waals surface area contributed by atoms with Gasteiger partial charge in [-0.1, -0.05) is 66.2 Å². The average Bonchev–Trinajstić information content (AvgIpc) is 2.91. The fourth-order valence-corrected chi connectivity index (χ4v) is 3.28. The molecule has 0 bridgehead atoms. The summed E-state index contributed by atoms with van der Waals surface area (Å²) < 4.78 is 0. The molecule has 3 aromatic carbocycles. The van der Waals surface area contributed by atoms with Crippen molar-refractivity contribution >= 4 is 11.6 Å². The molecule has 1 atom stereocenters. The standard InChI is InChI=1S/C22H20N2O/c1-16-11-13-18(14-12-16)23-21-19-9-5-6-10-20(19)22(25)24(21)15-17-7-3-2-4-8-17/h2-14,21,23H,15H2,1H3/t21-/m0/s1. The van der Waals surface area contributed by atoms with Crippen LogP contribution in [0.4, 0.5) is 5.69 Å². The third-order valence-electron chi connectivity index (χ3n) is 4.61. The van der Waals surface area contributed by atoms with Gasteiger partial charge >= 0.3 is 0 Å². The van der Waals surface area contributed by atoms with Crippen LogP contribution in [0.1, 0.15) is 33.2 Å². The number of aryl methyl sites for hydroxylation is 1. The zero-order valence-corrected chi connectivity index (χ0v) is 14.1. The Hall–Kier alpha value is -3.07. The van der Waals surface area contributed by atoms with Crippen molar-refractivity contribution in [1.82, 2.24) is 4.90 Å². The minimum atomic E-state index is -0.161. The quantitative estimate of drug-likeness (QED) is 0.749. The third-order valence-corrected chi connectivity index (χ3v) is 4.61. The van der Waals surface area contributed by atoms with Crippen LogP contribution in [-0.4, -0.2) is 10.8 Å². The second kappa shape index (κ2) is 6.44. The van der Waals surface area contributed by atoms with Crippen molar-refractivity contribution < 1.29 is 4.79 Å². The Labute approximate surface area is 147 Å². The van der Waals surface area contributed by atoms with Gasteiger partial charge in [0.25, 0.3) is 5.91 Å². The van der Waals surface area contributed by atoms with Crippen LogP contribution in [0.15, 0.2) is 78.9 Å². The number of nitrogens with one attached hydrogen (secondary N) is 1. The summed E-state index contributed by atoms with van der Waals surface area (Å²) in [6.45, 7) is 2.65. The Kier molecular flexibility index (Phi) is 3.98. The predicted molar refractivity (Wildman–Crippen MR) is 100 cm³/mol. The van der Waals surface area contributed by atoms with E-state index in [1.165, 1.54) is 5.56 Å². The summed E-state index contributed by atoms with van der Waals surface area (Å²) in [4.78, 5) is 14.8. The SMILES string of the molecule is Cc1ccc(N[C@@H]2c3ccccc3C(=O)N2Cc2ccccc2)cc1. The van der Waals surface area contributed by atoms with Crippen molar-refractivity contribution in [3.63, 3.8) is 0 Å². The van der Waals surface area contributed by atoms with Crippen LogP contribution in [0.25, 0.3) is 0 Å². The molecule has 0 unspecified atom stereocenters.